The molecule has 0 radical (unpaired) electrons. The van der Waals surface area contributed by atoms with Crippen LogP contribution in [0.25, 0.3) is 16.9 Å². The van der Waals surface area contributed by atoms with Crippen molar-refractivity contribution in [2.45, 2.75) is 18.6 Å². The minimum Gasteiger partial charge on any atom is -0.494 e. The Labute approximate surface area is 203 Å². The lowest BCUT2D eigenvalue weighted by Gasteiger charge is -2.15. The fourth-order valence-electron chi connectivity index (χ4n) is 3.84. The summed E-state index contributed by atoms with van der Waals surface area (Å²) in [7, 11) is 3.10. The molecule has 0 spiro atoms. The second-order valence-electron chi connectivity index (χ2n) is 8.12. The maximum atomic E-state index is 14.7. The lowest BCUT2D eigenvalue weighted by molar-refractivity contribution is 0.0941. The van der Waals surface area contributed by atoms with Crippen LogP contribution >= 0.6 is 0 Å². The van der Waals surface area contributed by atoms with E-state index in [4.69, 9.17) is 4.74 Å². The highest BCUT2D eigenvalue weighted by Gasteiger charge is 2.40. The Kier molecular flexibility index (Phi) is 5.92. The van der Waals surface area contributed by atoms with Crippen LogP contribution in [0.3, 0.4) is 0 Å². The van der Waals surface area contributed by atoms with Gasteiger partial charge in [-0.25, -0.2) is 18.3 Å². The van der Waals surface area contributed by atoms with Crippen LogP contribution in [-0.2, 0) is 0 Å². The molecule has 5 rings (SSSR count). The molecular formula is C24H21F2N7O3. The number of aromatic nitrogens is 4. The Bertz CT molecular complexity index is 1470. The van der Waals surface area contributed by atoms with Crippen LogP contribution < -0.4 is 20.7 Å². The van der Waals surface area contributed by atoms with Crippen molar-refractivity contribution in [3.05, 3.63) is 59.8 Å². The van der Waals surface area contributed by atoms with Crippen molar-refractivity contribution in [1.29, 1.82) is 0 Å². The van der Waals surface area contributed by atoms with Crippen LogP contribution in [0.2, 0.25) is 0 Å². The van der Waals surface area contributed by atoms with E-state index in [9.17, 15) is 18.4 Å². The lowest BCUT2D eigenvalue weighted by atomic mass is 10.1. The van der Waals surface area contributed by atoms with E-state index in [-0.39, 0.29) is 29.4 Å². The van der Waals surface area contributed by atoms with Gasteiger partial charge in [0.1, 0.15) is 12.0 Å². The van der Waals surface area contributed by atoms with Crippen molar-refractivity contribution >= 4 is 35.0 Å². The summed E-state index contributed by atoms with van der Waals surface area (Å²) in [5.74, 6) is -0.883. The third-order valence-electron chi connectivity index (χ3n) is 5.74. The number of imidazole rings is 1. The smallest absolute Gasteiger partial charge is 0.274 e. The molecule has 0 aliphatic heterocycles. The molecule has 184 valence electrons. The van der Waals surface area contributed by atoms with Crippen LogP contribution in [0.4, 0.5) is 26.0 Å². The normalized spacial score (nSPS) is 16.4. The van der Waals surface area contributed by atoms with E-state index in [1.165, 1.54) is 36.2 Å². The average molecular weight is 493 g/mol. The Morgan fingerprint density at radius 1 is 1.25 bits per heavy atom. The van der Waals surface area contributed by atoms with Gasteiger partial charge < -0.3 is 20.7 Å². The van der Waals surface area contributed by atoms with Crippen molar-refractivity contribution < 1.29 is 23.1 Å². The number of benzene rings is 1. The predicted molar refractivity (Wildman–Crippen MR) is 128 cm³/mol. The van der Waals surface area contributed by atoms with Crippen molar-refractivity contribution in [2.75, 3.05) is 24.8 Å². The number of hydrogen-bond donors (Lipinski definition) is 3. The lowest BCUT2D eigenvalue weighted by Crippen LogP contribution is -2.29. The van der Waals surface area contributed by atoms with Crippen LogP contribution in [0.15, 0.2) is 42.7 Å². The molecule has 12 heteroatoms. The number of ether oxygens (including phenoxy) is 1. The number of hydrogen-bond acceptors (Lipinski definition) is 8. The van der Waals surface area contributed by atoms with Gasteiger partial charge >= 0.3 is 0 Å². The first-order valence-electron chi connectivity index (χ1n) is 11.0. The quantitative estimate of drug-likeness (QED) is 0.320. The molecule has 3 aromatic heterocycles. The standard InChI is InChI=1S/C24H21F2N7O3/c1-27-17-5-6-29-33-20(24(35)31-18-9-15(18)26)22(32-23(17)33)30-19-8-13(25)7-14(21(19)36-2)16-4-3-12(11-34)10-28-16/h3-8,10-11,15,18,27,30H,9H2,1-2H3,(H,31,35)/t15-,18+/m0/s1. The minimum atomic E-state index is -1.10. The summed E-state index contributed by atoms with van der Waals surface area (Å²) in [6.45, 7) is 0. The fraction of sp³-hybridized carbons (Fsp3) is 0.208. The predicted octanol–water partition coefficient (Wildman–Crippen LogP) is 3.38. The van der Waals surface area contributed by atoms with Crippen molar-refractivity contribution in [1.82, 2.24) is 24.9 Å². The molecule has 4 aromatic rings. The number of fused-ring (bicyclic) bond motifs is 1. The van der Waals surface area contributed by atoms with Gasteiger partial charge in [-0.2, -0.15) is 5.10 Å². The summed E-state index contributed by atoms with van der Waals surface area (Å²) in [6.07, 6.45) is 2.64. The first kappa shape index (κ1) is 23.1. The number of amides is 1. The number of rotatable bonds is 8. The first-order chi connectivity index (χ1) is 17.4. The molecule has 0 bridgehead atoms. The number of anilines is 3. The highest BCUT2D eigenvalue weighted by Crippen LogP contribution is 2.39. The number of alkyl halides is 1. The van der Waals surface area contributed by atoms with Gasteiger partial charge in [0.15, 0.2) is 29.2 Å². The van der Waals surface area contributed by atoms with E-state index in [0.717, 1.165) is 0 Å². The van der Waals surface area contributed by atoms with Crippen molar-refractivity contribution in [2.24, 2.45) is 0 Å². The van der Waals surface area contributed by atoms with E-state index in [2.05, 4.69) is 31.0 Å². The molecule has 1 aromatic carbocycles. The number of nitrogens with one attached hydrogen (secondary N) is 3. The third-order valence-corrected chi connectivity index (χ3v) is 5.74. The Morgan fingerprint density at radius 2 is 2.06 bits per heavy atom. The van der Waals surface area contributed by atoms with E-state index < -0.39 is 23.9 Å². The topological polar surface area (TPSA) is 123 Å². The molecule has 2 atom stereocenters. The Hall–Kier alpha value is -4.61. The monoisotopic (exact) mass is 493 g/mol. The van der Waals surface area contributed by atoms with Gasteiger partial charge in [-0.15, -0.1) is 0 Å². The van der Waals surface area contributed by atoms with E-state index in [0.29, 0.717) is 34.4 Å². The number of carbonyl (C=O) groups excluding carboxylic acids is 2. The summed E-state index contributed by atoms with van der Waals surface area (Å²) in [6, 6.07) is 6.66. The summed E-state index contributed by atoms with van der Waals surface area (Å²) < 4.78 is 35.1. The van der Waals surface area contributed by atoms with Crippen LogP contribution in [0.1, 0.15) is 27.3 Å². The van der Waals surface area contributed by atoms with Gasteiger partial charge in [0.05, 0.1) is 36.4 Å². The molecule has 0 unspecified atom stereocenters. The number of halogens is 2. The Morgan fingerprint density at radius 3 is 2.69 bits per heavy atom. The molecule has 10 nitrogen and oxygen atoms in total. The van der Waals surface area contributed by atoms with Gasteiger partial charge in [0.2, 0.25) is 0 Å². The zero-order valence-electron chi connectivity index (χ0n) is 19.3. The largest absolute Gasteiger partial charge is 0.494 e. The number of aldehydes is 1. The van der Waals surface area contributed by atoms with Gasteiger partial charge in [-0.1, -0.05) is 0 Å². The molecule has 1 saturated carbocycles. The van der Waals surface area contributed by atoms with Gasteiger partial charge in [-0.3, -0.25) is 14.6 Å². The van der Waals surface area contributed by atoms with E-state index in [1.54, 1.807) is 25.2 Å². The SMILES string of the molecule is CNc1ccnn2c(C(=O)N[C@@H]3C[C@@H]3F)c(Nc3cc(F)cc(-c4ccc(C=O)cn4)c3OC)nc12. The van der Waals surface area contributed by atoms with Gasteiger partial charge in [-0.05, 0) is 24.3 Å². The minimum absolute atomic E-state index is 0.0162. The van der Waals surface area contributed by atoms with Crippen LogP contribution in [0, 0.1) is 5.82 Å². The van der Waals surface area contributed by atoms with Crippen LogP contribution in [-0.4, -0.2) is 58.1 Å². The van der Waals surface area contributed by atoms with Crippen molar-refractivity contribution in [3.63, 3.8) is 0 Å². The number of methoxy groups -OCH3 is 1. The van der Waals surface area contributed by atoms with E-state index in [1.807, 2.05) is 0 Å². The summed E-state index contributed by atoms with van der Waals surface area (Å²) in [5.41, 5.74) is 2.17. The Balaban J connectivity index is 1.62. The highest BCUT2D eigenvalue weighted by atomic mass is 19.1. The summed E-state index contributed by atoms with van der Waals surface area (Å²) in [4.78, 5) is 32.8. The molecule has 3 N–H and O–H groups in total. The zero-order valence-corrected chi connectivity index (χ0v) is 19.3. The van der Waals surface area contributed by atoms with E-state index >= 15 is 0 Å². The zero-order chi connectivity index (χ0) is 25.4. The summed E-state index contributed by atoms with van der Waals surface area (Å²) in [5, 5.41) is 12.8. The highest BCUT2D eigenvalue weighted by molar-refractivity contribution is 6.00. The molecule has 1 aliphatic rings. The van der Waals surface area contributed by atoms with Gasteiger partial charge in [0, 0.05) is 36.9 Å². The molecule has 0 saturated heterocycles. The molecule has 1 aliphatic carbocycles. The van der Waals surface area contributed by atoms with Gasteiger partial charge in [0.25, 0.3) is 5.91 Å². The molecular weight excluding hydrogens is 472 g/mol. The first-order valence-corrected chi connectivity index (χ1v) is 11.0. The number of nitrogens with zero attached hydrogens (tertiary/aromatic N) is 4. The molecule has 36 heavy (non-hydrogen) atoms. The third kappa shape index (κ3) is 4.17. The maximum absolute atomic E-state index is 14.7. The average Bonchev–Trinajstić information content (AvgIpc) is 3.44. The second kappa shape index (κ2) is 9.21. The molecule has 3 heterocycles. The van der Waals surface area contributed by atoms with Crippen LogP contribution in [0.5, 0.6) is 5.75 Å². The van der Waals surface area contributed by atoms with Crippen molar-refractivity contribution in [3.8, 4) is 17.0 Å². The number of pyridine rings is 1. The molecule has 1 amide bonds. The second-order valence-corrected chi connectivity index (χ2v) is 8.12. The summed E-state index contributed by atoms with van der Waals surface area (Å²) >= 11 is 0. The fourth-order valence-corrected chi connectivity index (χ4v) is 3.84. The maximum Gasteiger partial charge on any atom is 0.274 e. The molecule has 1 fully saturated rings. The number of carbonyl (C=O) groups is 2.